The highest BCUT2D eigenvalue weighted by atomic mass is 32.1. The number of likely N-dealkylation sites (N-methyl/N-ethyl adjacent to an activating group) is 1. The molecule has 0 saturated carbocycles. The molecule has 1 aromatic heterocycles. The summed E-state index contributed by atoms with van der Waals surface area (Å²) in [6, 6.07) is 7.55. The smallest absolute Gasteiger partial charge is 0.321 e. The van der Waals surface area contributed by atoms with Crippen molar-refractivity contribution in [2.24, 2.45) is 0 Å². The van der Waals surface area contributed by atoms with Crippen LogP contribution in [0.15, 0.2) is 35.9 Å². The summed E-state index contributed by atoms with van der Waals surface area (Å²) in [7, 11) is 1.85. The van der Waals surface area contributed by atoms with E-state index >= 15 is 0 Å². The fourth-order valence-corrected chi connectivity index (χ4v) is 4.25. The number of imide groups is 1. The third kappa shape index (κ3) is 6.15. The highest BCUT2D eigenvalue weighted by Gasteiger charge is 2.13. The molecule has 1 aromatic carbocycles. The summed E-state index contributed by atoms with van der Waals surface area (Å²) in [5.74, 6) is -0.312. The zero-order valence-electron chi connectivity index (χ0n) is 15.7. The first-order valence-corrected chi connectivity index (χ1v) is 10.2. The van der Waals surface area contributed by atoms with Crippen LogP contribution in [0.25, 0.3) is 10.2 Å². The Balaban J connectivity index is 1.37. The molecule has 1 heterocycles. The Morgan fingerprint density at radius 2 is 2.11 bits per heavy atom. The van der Waals surface area contributed by atoms with Gasteiger partial charge in [0.1, 0.15) is 5.01 Å². The van der Waals surface area contributed by atoms with Crippen LogP contribution in [0.5, 0.6) is 0 Å². The highest BCUT2D eigenvalue weighted by Crippen LogP contribution is 2.22. The standard InChI is InChI=1S/C20H26N4O2S/c1-24(14-19-22-16-9-5-6-10-17(16)27-19)13-18(25)23-20(26)21-12-11-15-7-3-2-4-8-15/h5-7,9-10H,2-4,8,11-14H2,1H3,(H2,21,23,25,26). The van der Waals surface area contributed by atoms with Crippen molar-refractivity contribution in [2.75, 3.05) is 20.1 Å². The van der Waals surface area contributed by atoms with Crippen LogP contribution in [0.1, 0.15) is 37.1 Å². The molecule has 0 bridgehead atoms. The molecular weight excluding hydrogens is 360 g/mol. The molecule has 6 nitrogen and oxygen atoms in total. The number of hydrogen-bond acceptors (Lipinski definition) is 5. The first kappa shape index (κ1) is 19.5. The minimum Gasteiger partial charge on any atom is -0.337 e. The Bertz CT molecular complexity index is 797. The summed E-state index contributed by atoms with van der Waals surface area (Å²) in [5.41, 5.74) is 2.38. The van der Waals surface area contributed by atoms with Gasteiger partial charge in [-0.1, -0.05) is 23.8 Å². The number of para-hydroxylation sites is 1. The summed E-state index contributed by atoms with van der Waals surface area (Å²) < 4.78 is 1.14. The zero-order valence-corrected chi connectivity index (χ0v) is 16.5. The number of fused-ring (bicyclic) bond motifs is 1. The fraction of sp³-hybridized carbons (Fsp3) is 0.450. The van der Waals surface area contributed by atoms with Gasteiger partial charge in [0, 0.05) is 6.54 Å². The van der Waals surface area contributed by atoms with Gasteiger partial charge in [-0.05, 0) is 51.3 Å². The largest absolute Gasteiger partial charge is 0.337 e. The summed E-state index contributed by atoms with van der Waals surface area (Å²) in [6.45, 7) is 1.28. The molecule has 27 heavy (non-hydrogen) atoms. The topological polar surface area (TPSA) is 74.3 Å². The second-order valence-corrected chi connectivity index (χ2v) is 8.03. The predicted octanol–water partition coefficient (Wildman–Crippen LogP) is 3.44. The maximum Gasteiger partial charge on any atom is 0.321 e. The molecule has 0 saturated heterocycles. The molecule has 7 heteroatoms. The van der Waals surface area contributed by atoms with E-state index in [9.17, 15) is 9.59 Å². The molecule has 0 spiro atoms. The van der Waals surface area contributed by atoms with Crippen molar-refractivity contribution in [3.05, 3.63) is 40.9 Å². The number of benzene rings is 1. The van der Waals surface area contributed by atoms with Crippen molar-refractivity contribution >= 4 is 33.5 Å². The lowest BCUT2D eigenvalue weighted by atomic mass is 9.97. The first-order chi connectivity index (χ1) is 13.1. The van der Waals surface area contributed by atoms with Crippen LogP contribution in [-0.2, 0) is 11.3 Å². The van der Waals surface area contributed by atoms with E-state index in [0.717, 1.165) is 34.5 Å². The van der Waals surface area contributed by atoms with Gasteiger partial charge in [-0.25, -0.2) is 9.78 Å². The van der Waals surface area contributed by atoms with Crippen LogP contribution < -0.4 is 10.6 Å². The van der Waals surface area contributed by atoms with Gasteiger partial charge in [-0.2, -0.15) is 0 Å². The van der Waals surface area contributed by atoms with E-state index in [1.165, 1.54) is 18.4 Å². The fourth-order valence-electron chi connectivity index (χ4n) is 3.20. The monoisotopic (exact) mass is 386 g/mol. The van der Waals surface area contributed by atoms with Crippen molar-refractivity contribution < 1.29 is 9.59 Å². The van der Waals surface area contributed by atoms with Crippen molar-refractivity contribution in [3.63, 3.8) is 0 Å². The van der Waals surface area contributed by atoms with Gasteiger partial charge in [-0.3, -0.25) is 15.0 Å². The molecule has 0 fully saturated rings. The lowest BCUT2D eigenvalue weighted by molar-refractivity contribution is -0.120. The maximum absolute atomic E-state index is 12.0. The molecule has 0 aliphatic heterocycles. The van der Waals surface area contributed by atoms with Crippen LogP contribution in [0.3, 0.4) is 0 Å². The Morgan fingerprint density at radius 3 is 2.89 bits per heavy atom. The van der Waals surface area contributed by atoms with Crippen LogP contribution in [0.2, 0.25) is 0 Å². The first-order valence-electron chi connectivity index (χ1n) is 9.39. The zero-order chi connectivity index (χ0) is 19.1. The van der Waals surface area contributed by atoms with Gasteiger partial charge in [0.25, 0.3) is 0 Å². The van der Waals surface area contributed by atoms with E-state index in [1.54, 1.807) is 11.3 Å². The number of urea groups is 1. The van der Waals surface area contributed by atoms with Crippen molar-refractivity contribution in [2.45, 2.75) is 38.6 Å². The lowest BCUT2D eigenvalue weighted by Gasteiger charge is -2.15. The van der Waals surface area contributed by atoms with E-state index in [0.29, 0.717) is 13.1 Å². The molecule has 3 rings (SSSR count). The molecule has 144 valence electrons. The lowest BCUT2D eigenvalue weighted by Crippen LogP contribution is -2.43. The van der Waals surface area contributed by atoms with Gasteiger partial charge in [-0.15, -0.1) is 11.3 Å². The third-order valence-electron chi connectivity index (χ3n) is 4.53. The molecule has 2 aromatic rings. The molecule has 0 radical (unpaired) electrons. The van der Waals surface area contributed by atoms with Crippen LogP contribution >= 0.6 is 11.3 Å². The number of nitrogens with one attached hydrogen (secondary N) is 2. The summed E-state index contributed by atoms with van der Waals surface area (Å²) in [5, 5.41) is 6.11. The molecule has 0 unspecified atom stereocenters. The summed E-state index contributed by atoms with van der Waals surface area (Å²) >= 11 is 1.62. The average molecular weight is 387 g/mol. The predicted molar refractivity (Wildman–Crippen MR) is 109 cm³/mol. The molecule has 3 amide bonds. The Labute approximate surface area is 163 Å². The Hall–Kier alpha value is -2.25. The number of nitrogens with zero attached hydrogens (tertiary/aromatic N) is 2. The summed E-state index contributed by atoms with van der Waals surface area (Å²) in [4.78, 5) is 30.3. The van der Waals surface area contributed by atoms with Gasteiger partial charge >= 0.3 is 6.03 Å². The molecular formula is C20H26N4O2S. The maximum atomic E-state index is 12.0. The number of rotatable bonds is 7. The summed E-state index contributed by atoms with van der Waals surface area (Å²) in [6.07, 6.45) is 7.89. The highest BCUT2D eigenvalue weighted by molar-refractivity contribution is 7.18. The number of allylic oxidation sites excluding steroid dienone is 1. The number of thiazole rings is 1. The van der Waals surface area contributed by atoms with Crippen LogP contribution in [0.4, 0.5) is 4.79 Å². The van der Waals surface area contributed by atoms with Crippen LogP contribution in [0, 0.1) is 0 Å². The van der Waals surface area contributed by atoms with E-state index in [-0.39, 0.29) is 12.5 Å². The number of carbonyl (C=O) groups is 2. The van der Waals surface area contributed by atoms with E-state index in [1.807, 2.05) is 36.2 Å². The molecule has 1 aliphatic rings. The average Bonchev–Trinajstić information content (AvgIpc) is 3.04. The van der Waals surface area contributed by atoms with Crippen molar-refractivity contribution in [1.29, 1.82) is 0 Å². The SMILES string of the molecule is CN(CC(=O)NC(=O)NCCC1=CCCCC1)Cc1nc2ccccc2s1. The number of amides is 3. The van der Waals surface area contributed by atoms with Gasteiger partial charge < -0.3 is 5.32 Å². The number of aromatic nitrogens is 1. The normalized spacial score (nSPS) is 14.2. The van der Waals surface area contributed by atoms with Crippen molar-refractivity contribution in [3.8, 4) is 0 Å². The van der Waals surface area contributed by atoms with Crippen molar-refractivity contribution in [1.82, 2.24) is 20.5 Å². The number of hydrogen-bond donors (Lipinski definition) is 2. The quantitative estimate of drug-likeness (QED) is 0.715. The second-order valence-electron chi connectivity index (χ2n) is 6.91. The second kappa shape index (κ2) is 9.62. The molecule has 0 atom stereocenters. The number of carbonyl (C=O) groups excluding carboxylic acids is 2. The van der Waals surface area contributed by atoms with E-state index in [4.69, 9.17) is 0 Å². The molecule has 2 N–H and O–H groups in total. The molecule has 1 aliphatic carbocycles. The Morgan fingerprint density at radius 1 is 1.26 bits per heavy atom. The van der Waals surface area contributed by atoms with E-state index in [2.05, 4.69) is 21.7 Å². The van der Waals surface area contributed by atoms with Gasteiger partial charge in [0.15, 0.2) is 0 Å². The Kier molecular flexibility index (Phi) is 6.95. The minimum absolute atomic E-state index is 0.147. The minimum atomic E-state index is -0.426. The third-order valence-corrected chi connectivity index (χ3v) is 5.55. The van der Waals surface area contributed by atoms with E-state index < -0.39 is 6.03 Å². The van der Waals surface area contributed by atoms with Gasteiger partial charge in [0.2, 0.25) is 5.91 Å². The van der Waals surface area contributed by atoms with Crippen LogP contribution in [-0.4, -0.2) is 42.0 Å². The van der Waals surface area contributed by atoms with Gasteiger partial charge in [0.05, 0.1) is 23.3 Å².